The number of hydrogen-bond acceptors (Lipinski definition) is 5. The fourth-order valence-electron chi connectivity index (χ4n) is 1.07. The first-order chi connectivity index (χ1) is 8.00. The quantitative estimate of drug-likeness (QED) is 0.539. The Morgan fingerprint density at radius 2 is 2.00 bits per heavy atom. The van der Waals surface area contributed by atoms with Crippen LogP contribution in [0.15, 0.2) is 18.6 Å². The van der Waals surface area contributed by atoms with Crippen LogP contribution >= 0.6 is 0 Å². The van der Waals surface area contributed by atoms with E-state index in [1.165, 1.54) is 18.6 Å². The predicted octanol–water partition coefficient (Wildman–Crippen LogP) is -2.06. The lowest BCUT2D eigenvalue weighted by atomic mass is 10.2. The summed E-state index contributed by atoms with van der Waals surface area (Å²) in [6, 6.07) is -1.15. The van der Waals surface area contributed by atoms with E-state index in [0.717, 1.165) is 0 Å². The lowest BCUT2D eigenvalue weighted by Crippen LogP contribution is -2.46. The van der Waals surface area contributed by atoms with E-state index in [0.29, 0.717) is 0 Å². The van der Waals surface area contributed by atoms with Crippen molar-refractivity contribution >= 4 is 17.7 Å². The van der Waals surface area contributed by atoms with Crippen molar-refractivity contribution in [2.75, 3.05) is 0 Å². The average molecular weight is 237 g/mol. The Bertz CT molecular complexity index is 434. The zero-order valence-corrected chi connectivity index (χ0v) is 8.79. The maximum absolute atomic E-state index is 11.6. The number of primary amides is 2. The summed E-state index contributed by atoms with van der Waals surface area (Å²) in [5, 5.41) is 2.25. The van der Waals surface area contributed by atoms with Gasteiger partial charge in [-0.25, -0.2) is 4.98 Å². The Hall–Kier alpha value is -2.51. The summed E-state index contributed by atoms with van der Waals surface area (Å²) in [5.74, 6) is -2.24. The normalized spacial score (nSPS) is 11.5. The van der Waals surface area contributed by atoms with Crippen LogP contribution in [0.3, 0.4) is 0 Å². The van der Waals surface area contributed by atoms with Crippen LogP contribution in [0.5, 0.6) is 0 Å². The second kappa shape index (κ2) is 5.54. The third-order valence-electron chi connectivity index (χ3n) is 1.85. The lowest BCUT2D eigenvalue weighted by Gasteiger charge is -2.12. The molecule has 0 spiro atoms. The van der Waals surface area contributed by atoms with Gasteiger partial charge in [-0.3, -0.25) is 19.4 Å². The molecule has 0 aliphatic heterocycles. The lowest BCUT2D eigenvalue weighted by molar-refractivity contribution is -0.124. The highest BCUT2D eigenvalue weighted by Crippen LogP contribution is 1.95. The Labute approximate surface area is 96.4 Å². The van der Waals surface area contributed by atoms with Gasteiger partial charge in [0.05, 0.1) is 12.6 Å². The van der Waals surface area contributed by atoms with Gasteiger partial charge in [-0.2, -0.15) is 0 Å². The molecule has 1 heterocycles. The van der Waals surface area contributed by atoms with Crippen molar-refractivity contribution in [1.82, 2.24) is 15.3 Å². The SMILES string of the molecule is NC(=O)C[C@H](NC(=O)c1cnccn1)C(N)=O. The zero-order valence-electron chi connectivity index (χ0n) is 8.79. The van der Waals surface area contributed by atoms with Gasteiger partial charge in [-0.05, 0) is 0 Å². The zero-order chi connectivity index (χ0) is 12.8. The number of carbonyl (C=O) groups excluding carboxylic acids is 3. The Balaban J connectivity index is 2.71. The standard InChI is InChI=1S/C9H11N5O3/c10-7(15)3-5(8(11)16)14-9(17)6-4-12-1-2-13-6/h1-2,4-5H,3H2,(H2,10,15)(H2,11,16)(H,14,17)/t5-/m0/s1. The minimum atomic E-state index is -1.15. The number of hydrogen-bond donors (Lipinski definition) is 3. The molecule has 8 nitrogen and oxygen atoms in total. The van der Waals surface area contributed by atoms with Crippen molar-refractivity contribution in [2.45, 2.75) is 12.5 Å². The Morgan fingerprint density at radius 1 is 1.29 bits per heavy atom. The van der Waals surface area contributed by atoms with E-state index in [1.807, 2.05) is 0 Å². The van der Waals surface area contributed by atoms with Crippen molar-refractivity contribution in [3.63, 3.8) is 0 Å². The van der Waals surface area contributed by atoms with Crippen molar-refractivity contribution < 1.29 is 14.4 Å². The van der Waals surface area contributed by atoms with E-state index in [-0.39, 0.29) is 12.1 Å². The number of nitrogens with one attached hydrogen (secondary N) is 1. The number of nitrogens with two attached hydrogens (primary N) is 2. The molecule has 5 N–H and O–H groups in total. The molecule has 0 aromatic carbocycles. The van der Waals surface area contributed by atoms with E-state index in [4.69, 9.17) is 11.5 Å². The first kappa shape index (κ1) is 12.6. The van der Waals surface area contributed by atoms with E-state index in [9.17, 15) is 14.4 Å². The molecule has 0 aliphatic carbocycles. The topological polar surface area (TPSA) is 141 Å². The molecule has 0 unspecified atom stereocenters. The smallest absolute Gasteiger partial charge is 0.272 e. The van der Waals surface area contributed by atoms with Crippen LogP contribution in [0, 0.1) is 0 Å². The third-order valence-corrected chi connectivity index (χ3v) is 1.85. The molecule has 0 saturated heterocycles. The molecule has 0 radical (unpaired) electrons. The van der Waals surface area contributed by atoms with Gasteiger partial charge in [-0.15, -0.1) is 0 Å². The average Bonchev–Trinajstić information content (AvgIpc) is 2.28. The summed E-state index contributed by atoms with van der Waals surface area (Å²) in [6.07, 6.45) is 3.58. The van der Waals surface area contributed by atoms with Gasteiger partial charge in [0.25, 0.3) is 5.91 Å². The Morgan fingerprint density at radius 3 is 2.47 bits per heavy atom. The van der Waals surface area contributed by atoms with Crippen molar-refractivity contribution in [1.29, 1.82) is 0 Å². The largest absolute Gasteiger partial charge is 0.370 e. The second-order valence-corrected chi connectivity index (χ2v) is 3.19. The van der Waals surface area contributed by atoms with Crippen molar-refractivity contribution in [3.8, 4) is 0 Å². The monoisotopic (exact) mass is 237 g/mol. The van der Waals surface area contributed by atoms with Crippen molar-refractivity contribution in [3.05, 3.63) is 24.3 Å². The molecular formula is C9H11N5O3. The van der Waals surface area contributed by atoms with Crippen molar-refractivity contribution in [2.24, 2.45) is 11.5 Å². The maximum Gasteiger partial charge on any atom is 0.272 e. The molecule has 3 amide bonds. The summed E-state index contributed by atoms with van der Waals surface area (Å²) >= 11 is 0. The molecule has 1 atom stereocenters. The number of amides is 3. The van der Waals surface area contributed by atoms with E-state index >= 15 is 0 Å². The van der Waals surface area contributed by atoms with Crippen LogP contribution in [0.1, 0.15) is 16.9 Å². The minimum absolute atomic E-state index is 0.0169. The number of aromatic nitrogens is 2. The Kier molecular flexibility index (Phi) is 4.09. The molecule has 0 saturated carbocycles. The van der Waals surface area contributed by atoms with E-state index in [2.05, 4.69) is 15.3 Å². The first-order valence-electron chi connectivity index (χ1n) is 4.65. The summed E-state index contributed by atoms with van der Waals surface area (Å²) in [4.78, 5) is 40.6. The fraction of sp³-hybridized carbons (Fsp3) is 0.222. The third kappa shape index (κ3) is 3.86. The van der Waals surface area contributed by atoms with Crippen LogP contribution in [0.25, 0.3) is 0 Å². The highest BCUT2D eigenvalue weighted by atomic mass is 16.2. The molecule has 0 aliphatic rings. The van der Waals surface area contributed by atoms with Gasteiger partial charge in [0.2, 0.25) is 11.8 Å². The summed E-state index contributed by atoms with van der Waals surface area (Å²) < 4.78 is 0. The van der Waals surface area contributed by atoms with E-state index in [1.54, 1.807) is 0 Å². The van der Waals surface area contributed by atoms with Gasteiger partial charge in [0.15, 0.2) is 0 Å². The fourth-order valence-corrected chi connectivity index (χ4v) is 1.07. The number of carbonyl (C=O) groups is 3. The van der Waals surface area contributed by atoms with Crippen LogP contribution in [-0.2, 0) is 9.59 Å². The van der Waals surface area contributed by atoms with Crippen LogP contribution in [-0.4, -0.2) is 33.7 Å². The molecule has 1 aromatic rings. The van der Waals surface area contributed by atoms with Gasteiger partial charge in [0, 0.05) is 12.4 Å². The van der Waals surface area contributed by atoms with Crippen LogP contribution in [0.2, 0.25) is 0 Å². The van der Waals surface area contributed by atoms with Crippen LogP contribution < -0.4 is 16.8 Å². The number of nitrogens with zero attached hydrogens (tertiary/aromatic N) is 2. The van der Waals surface area contributed by atoms with Gasteiger partial charge >= 0.3 is 0 Å². The molecule has 0 fully saturated rings. The highest BCUT2D eigenvalue weighted by molar-refractivity contribution is 5.96. The second-order valence-electron chi connectivity index (χ2n) is 3.19. The maximum atomic E-state index is 11.6. The molecule has 90 valence electrons. The van der Waals surface area contributed by atoms with Gasteiger partial charge < -0.3 is 16.8 Å². The van der Waals surface area contributed by atoms with Crippen LogP contribution in [0.4, 0.5) is 0 Å². The number of rotatable bonds is 5. The molecule has 17 heavy (non-hydrogen) atoms. The minimum Gasteiger partial charge on any atom is -0.370 e. The summed E-state index contributed by atoms with van der Waals surface area (Å²) in [5.41, 5.74) is 9.95. The molecule has 1 rings (SSSR count). The molecule has 0 bridgehead atoms. The van der Waals surface area contributed by atoms with Gasteiger partial charge in [-0.1, -0.05) is 0 Å². The molecular weight excluding hydrogens is 226 g/mol. The first-order valence-corrected chi connectivity index (χ1v) is 4.65. The highest BCUT2D eigenvalue weighted by Gasteiger charge is 2.21. The molecule has 1 aromatic heterocycles. The summed E-state index contributed by atoms with van der Waals surface area (Å²) in [7, 11) is 0. The van der Waals surface area contributed by atoms with Gasteiger partial charge in [0.1, 0.15) is 11.7 Å². The summed E-state index contributed by atoms with van der Waals surface area (Å²) in [6.45, 7) is 0. The van der Waals surface area contributed by atoms with E-state index < -0.39 is 23.8 Å². The molecule has 8 heteroatoms. The predicted molar refractivity (Wildman–Crippen MR) is 56.3 cm³/mol.